The maximum atomic E-state index is 9.27. The summed E-state index contributed by atoms with van der Waals surface area (Å²) >= 11 is 9.50. The van der Waals surface area contributed by atoms with Gasteiger partial charge in [-0.15, -0.1) is 0 Å². The van der Waals surface area contributed by atoms with E-state index >= 15 is 0 Å². The zero-order valence-corrected chi connectivity index (χ0v) is 12.3. The van der Waals surface area contributed by atoms with Crippen molar-refractivity contribution in [3.63, 3.8) is 0 Å². The van der Waals surface area contributed by atoms with Crippen LogP contribution in [0.3, 0.4) is 0 Å². The van der Waals surface area contributed by atoms with Gasteiger partial charge in [0.05, 0.1) is 10.2 Å². The van der Waals surface area contributed by atoms with Crippen molar-refractivity contribution in [1.82, 2.24) is 9.97 Å². The van der Waals surface area contributed by atoms with Gasteiger partial charge in [-0.2, -0.15) is 0 Å². The highest BCUT2D eigenvalue weighted by molar-refractivity contribution is 9.10. The Bertz CT molecular complexity index is 570. The lowest BCUT2D eigenvalue weighted by atomic mass is 10.1. The topological polar surface area (TPSA) is 46.0 Å². The summed E-state index contributed by atoms with van der Waals surface area (Å²) in [4.78, 5) is 8.75. The third kappa shape index (κ3) is 2.65. The Hall–Kier alpha value is -1.13. The van der Waals surface area contributed by atoms with E-state index in [1.165, 1.54) is 0 Å². The Balaban J connectivity index is 2.55. The van der Waals surface area contributed by atoms with Crippen LogP contribution in [0.2, 0.25) is 5.15 Å². The van der Waals surface area contributed by atoms with E-state index < -0.39 is 0 Å². The Morgan fingerprint density at radius 2 is 1.78 bits per heavy atom. The standard InChI is InChI=1S/C13H12BrClN2O/c1-7(2)11-10(14)12(15)17-13(16-11)8-3-5-9(18)6-4-8/h3-7,18H,1-2H3. The van der Waals surface area contributed by atoms with Gasteiger partial charge in [0.1, 0.15) is 10.9 Å². The largest absolute Gasteiger partial charge is 0.508 e. The first-order chi connectivity index (χ1) is 8.49. The molecule has 0 aliphatic carbocycles. The zero-order valence-electron chi connectivity index (χ0n) is 9.98. The fraction of sp³-hybridized carbons (Fsp3) is 0.231. The molecule has 0 radical (unpaired) electrons. The molecule has 1 aromatic carbocycles. The lowest BCUT2D eigenvalue weighted by Gasteiger charge is -2.10. The van der Waals surface area contributed by atoms with Gasteiger partial charge < -0.3 is 5.11 Å². The molecule has 0 aliphatic heterocycles. The summed E-state index contributed by atoms with van der Waals surface area (Å²) in [5.74, 6) is 1.02. The Morgan fingerprint density at radius 3 is 2.33 bits per heavy atom. The summed E-state index contributed by atoms with van der Waals surface area (Å²) in [5.41, 5.74) is 1.70. The molecule has 0 aliphatic rings. The van der Waals surface area contributed by atoms with Crippen molar-refractivity contribution in [1.29, 1.82) is 0 Å². The minimum Gasteiger partial charge on any atom is -0.508 e. The highest BCUT2D eigenvalue weighted by Gasteiger charge is 2.14. The SMILES string of the molecule is CC(C)c1nc(-c2ccc(O)cc2)nc(Cl)c1Br. The molecule has 0 spiro atoms. The monoisotopic (exact) mass is 326 g/mol. The van der Waals surface area contributed by atoms with Gasteiger partial charge in [0.15, 0.2) is 5.82 Å². The van der Waals surface area contributed by atoms with Crippen molar-refractivity contribution >= 4 is 27.5 Å². The van der Waals surface area contributed by atoms with Gasteiger partial charge in [-0.05, 0) is 46.1 Å². The van der Waals surface area contributed by atoms with Gasteiger partial charge in [-0.3, -0.25) is 0 Å². The van der Waals surface area contributed by atoms with Crippen molar-refractivity contribution in [3.8, 4) is 17.1 Å². The molecular formula is C13H12BrClN2O. The Labute approximate surface area is 119 Å². The zero-order chi connectivity index (χ0) is 13.3. The lowest BCUT2D eigenvalue weighted by molar-refractivity contribution is 0.475. The summed E-state index contributed by atoms with van der Waals surface area (Å²) in [6, 6.07) is 6.73. The second-order valence-electron chi connectivity index (χ2n) is 4.24. The van der Waals surface area contributed by atoms with Crippen molar-refractivity contribution in [2.45, 2.75) is 19.8 Å². The first-order valence-electron chi connectivity index (χ1n) is 5.51. The average molecular weight is 328 g/mol. The second-order valence-corrected chi connectivity index (χ2v) is 5.39. The molecule has 0 saturated heterocycles. The van der Waals surface area contributed by atoms with Gasteiger partial charge in [0.25, 0.3) is 0 Å². The predicted molar refractivity (Wildman–Crippen MR) is 75.9 cm³/mol. The van der Waals surface area contributed by atoms with E-state index in [1.807, 2.05) is 13.8 Å². The number of rotatable bonds is 2. The molecule has 2 aromatic rings. The van der Waals surface area contributed by atoms with Crippen molar-refractivity contribution < 1.29 is 5.11 Å². The fourth-order valence-corrected chi connectivity index (χ4v) is 2.37. The number of aromatic hydroxyl groups is 1. The summed E-state index contributed by atoms with van der Waals surface area (Å²) in [6.45, 7) is 4.09. The van der Waals surface area contributed by atoms with E-state index in [-0.39, 0.29) is 11.7 Å². The quantitative estimate of drug-likeness (QED) is 0.832. The van der Waals surface area contributed by atoms with Crippen LogP contribution in [-0.2, 0) is 0 Å². The maximum Gasteiger partial charge on any atom is 0.161 e. The highest BCUT2D eigenvalue weighted by Crippen LogP contribution is 2.31. The molecular weight excluding hydrogens is 316 g/mol. The number of halogens is 2. The van der Waals surface area contributed by atoms with Crippen LogP contribution < -0.4 is 0 Å². The van der Waals surface area contributed by atoms with Crippen LogP contribution in [0.5, 0.6) is 5.75 Å². The van der Waals surface area contributed by atoms with E-state index in [9.17, 15) is 5.11 Å². The summed E-state index contributed by atoms with van der Waals surface area (Å²) in [6.07, 6.45) is 0. The average Bonchev–Trinajstić information content (AvgIpc) is 2.33. The first kappa shape index (κ1) is 13.3. The van der Waals surface area contributed by atoms with Crippen molar-refractivity contribution in [2.75, 3.05) is 0 Å². The van der Waals surface area contributed by atoms with Crippen molar-refractivity contribution in [3.05, 3.63) is 39.6 Å². The molecule has 18 heavy (non-hydrogen) atoms. The molecule has 0 amide bonds. The molecule has 94 valence electrons. The molecule has 0 unspecified atom stereocenters. The molecule has 0 fully saturated rings. The number of nitrogens with zero attached hydrogens (tertiary/aromatic N) is 2. The molecule has 0 atom stereocenters. The van der Waals surface area contributed by atoms with Gasteiger partial charge >= 0.3 is 0 Å². The number of phenolic OH excluding ortho intramolecular Hbond substituents is 1. The minimum atomic E-state index is 0.214. The van der Waals surface area contributed by atoms with Crippen LogP contribution in [0.1, 0.15) is 25.5 Å². The van der Waals surface area contributed by atoms with Crippen LogP contribution in [0, 0.1) is 0 Å². The molecule has 1 aromatic heterocycles. The minimum absolute atomic E-state index is 0.214. The summed E-state index contributed by atoms with van der Waals surface area (Å²) in [5, 5.41) is 9.67. The number of hydrogen-bond donors (Lipinski definition) is 1. The van der Waals surface area contributed by atoms with Crippen LogP contribution in [0.15, 0.2) is 28.7 Å². The molecule has 0 bridgehead atoms. The van der Waals surface area contributed by atoms with E-state index in [2.05, 4.69) is 25.9 Å². The Kier molecular flexibility index (Phi) is 3.88. The summed E-state index contributed by atoms with van der Waals surface area (Å²) < 4.78 is 0.738. The molecule has 0 saturated carbocycles. The van der Waals surface area contributed by atoms with Gasteiger partial charge in [0.2, 0.25) is 0 Å². The van der Waals surface area contributed by atoms with Crippen LogP contribution in [-0.4, -0.2) is 15.1 Å². The van der Waals surface area contributed by atoms with E-state index in [4.69, 9.17) is 11.6 Å². The van der Waals surface area contributed by atoms with Gasteiger partial charge in [-0.1, -0.05) is 25.4 Å². The number of hydrogen-bond acceptors (Lipinski definition) is 3. The molecule has 5 heteroatoms. The van der Waals surface area contributed by atoms with Crippen LogP contribution >= 0.6 is 27.5 Å². The summed E-state index contributed by atoms with van der Waals surface area (Å²) in [7, 11) is 0. The van der Waals surface area contributed by atoms with Crippen molar-refractivity contribution in [2.24, 2.45) is 0 Å². The molecule has 1 N–H and O–H groups in total. The number of aromatic nitrogens is 2. The smallest absolute Gasteiger partial charge is 0.161 e. The van der Waals surface area contributed by atoms with Gasteiger partial charge in [-0.25, -0.2) is 9.97 Å². The van der Waals surface area contributed by atoms with E-state index in [1.54, 1.807) is 24.3 Å². The molecule has 3 nitrogen and oxygen atoms in total. The molecule has 1 heterocycles. The van der Waals surface area contributed by atoms with Crippen LogP contribution in [0.4, 0.5) is 0 Å². The lowest BCUT2D eigenvalue weighted by Crippen LogP contribution is -2.00. The second kappa shape index (κ2) is 5.24. The number of benzene rings is 1. The van der Waals surface area contributed by atoms with E-state index in [0.717, 1.165) is 15.7 Å². The first-order valence-corrected chi connectivity index (χ1v) is 6.68. The van der Waals surface area contributed by atoms with Gasteiger partial charge in [0, 0.05) is 5.56 Å². The normalized spacial score (nSPS) is 10.9. The maximum absolute atomic E-state index is 9.27. The van der Waals surface area contributed by atoms with Crippen LogP contribution in [0.25, 0.3) is 11.4 Å². The number of phenols is 1. The third-order valence-corrected chi connectivity index (χ3v) is 3.79. The third-order valence-electron chi connectivity index (χ3n) is 2.51. The predicted octanol–water partition coefficient (Wildman–Crippen LogP) is 4.39. The highest BCUT2D eigenvalue weighted by atomic mass is 79.9. The Morgan fingerprint density at radius 1 is 1.17 bits per heavy atom. The van der Waals surface area contributed by atoms with E-state index in [0.29, 0.717) is 11.0 Å². The molecule has 2 rings (SSSR count). The fourth-order valence-electron chi connectivity index (χ4n) is 1.56.